The van der Waals surface area contributed by atoms with Crippen molar-refractivity contribution in [1.82, 2.24) is 5.32 Å². The van der Waals surface area contributed by atoms with E-state index < -0.39 is 0 Å². The number of halogens is 1. The third kappa shape index (κ3) is 10.2. The Kier molecular flexibility index (Phi) is 11.0. The largest absolute Gasteiger partial charge is 0.356 e. The summed E-state index contributed by atoms with van der Waals surface area (Å²) in [5.41, 5.74) is 0. The lowest BCUT2D eigenvalue weighted by atomic mass is 10.1. The van der Waals surface area contributed by atoms with Crippen molar-refractivity contribution in [2.45, 2.75) is 95.8 Å². The lowest BCUT2D eigenvalue weighted by molar-refractivity contribution is -0.121. The maximum absolute atomic E-state index is 11.7. The molecule has 2 atom stereocenters. The van der Waals surface area contributed by atoms with Gasteiger partial charge in [0, 0.05) is 18.3 Å². The molecule has 1 fully saturated rings. The normalized spacial score (nSPS) is 21.6. The Morgan fingerprint density at radius 3 is 2.19 bits per heavy atom. The summed E-state index contributed by atoms with van der Waals surface area (Å²) >= 11 is 6.08. The minimum atomic E-state index is 0.232. The number of unbranched alkanes of at least 4 members (excludes halogenated alkanes) is 8. The molecule has 124 valence electrons. The van der Waals surface area contributed by atoms with Gasteiger partial charge in [0.05, 0.1) is 0 Å². The van der Waals surface area contributed by atoms with Crippen molar-refractivity contribution in [1.29, 1.82) is 0 Å². The summed E-state index contributed by atoms with van der Waals surface area (Å²) in [4.78, 5) is 11.7. The van der Waals surface area contributed by atoms with Crippen LogP contribution in [0.5, 0.6) is 0 Å². The van der Waals surface area contributed by atoms with Crippen molar-refractivity contribution in [3.05, 3.63) is 0 Å². The molecular formula is C18H34ClNO. The van der Waals surface area contributed by atoms with Crippen LogP contribution in [-0.4, -0.2) is 17.8 Å². The first-order valence-electron chi connectivity index (χ1n) is 9.13. The fourth-order valence-electron chi connectivity index (χ4n) is 3.14. The van der Waals surface area contributed by atoms with E-state index in [0.717, 1.165) is 25.8 Å². The molecule has 1 saturated carbocycles. The molecule has 0 aromatic heterocycles. The van der Waals surface area contributed by atoms with Crippen LogP contribution in [0, 0.1) is 5.92 Å². The van der Waals surface area contributed by atoms with Gasteiger partial charge in [0.25, 0.3) is 0 Å². The van der Waals surface area contributed by atoms with Gasteiger partial charge >= 0.3 is 0 Å². The van der Waals surface area contributed by atoms with Crippen LogP contribution in [0.1, 0.15) is 90.4 Å². The molecular weight excluding hydrogens is 282 g/mol. The lowest BCUT2D eigenvalue weighted by Crippen LogP contribution is -2.28. The van der Waals surface area contributed by atoms with E-state index in [2.05, 4.69) is 12.2 Å². The summed E-state index contributed by atoms with van der Waals surface area (Å²) in [6.07, 6.45) is 15.8. The van der Waals surface area contributed by atoms with E-state index in [1.165, 1.54) is 57.8 Å². The number of rotatable bonds is 12. The van der Waals surface area contributed by atoms with Gasteiger partial charge in [0.15, 0.2) is 0 Å². The molecule has 1 N–H and O–H groups in total. The van der Waals surface area contributed by atoms with E-state index >= 15 is 0 Å². The van der Waals surface area contributed by atoms with Gasteiger partial charge in [-0.2, -0.15) is 0 Å². The Labute approximate surface area is 136 Å². The fourth-order valence-corrected chi connectivity index (χ4v) is 3.52. The number of amides is 1. The molecule has 1 amide bonds. The third-order valence-corrected chi connectivity index (χ3v) is 4.97. The molecule has 0 aromatic carbocycles. The molecule has 0 heterocycles. The van der Waals surface area contributed by atoms with Crippen LogP contribution in [0.2, 0.25) is 0 Å². The number of carbonyl (C=O) groups is 1. The molecule has 0 saturated heterocycles. The van der Waals surface area contributed by atoms with Gasteiger partial charge in [-0.15, -0.1) is 11.6 Å². The predicted molar refractivity (Wildman–Crippen MR) is 91.8 cm³/mol. The molecule has 0 radical (unpaired) electrons. The molecule has 0 aromatic rings. The minimum absolute atomic E-state index is 0.232. The second-order valence-electron chi connectivity index (χ2n) is 6.66. The quantitative estimate of drug-likeness (QED) is 0.377. The highest BCUT2D eigenvalue weighted by molar-refractivity contribution is 6.20. The Balaban J connectivity index is 1.83. The lowest BCUT2D eigenvalue weighted by Gasteiger charge is -2.10. The van der Waals surface area contributed by atoms with Crippen LogP contribution in [0.3, 0.4) is 0 Å². The molecule has 2 nitrogen and oxygen atoms in total. The highest BCUT2D eigenvalue weighted by atomic mass is 35.5. The van der Waals surface area contributed by atoms with E-state index in [1.807, 2.05) is 0 Å². The van der Waals surface area contributed by atoms with Gasteiger partial charge in [-0.3, -0.25) is 4.79 Å². The SMILES string of the molecule is CCCCCCCCCCCC(=O)NCC1CCC(Cl)C1. The third-order valence-electron chi connectivity index (χ3n) is 4.57. The van der Waals surface area contributed by atoms with Crippen molar-refractivity contribution in [2.24, 2.45) is 5.92 Å². The smallest absolute Gasteiger partial charge is 0.220 e. The summed E-state index contributed by atoms with van der Waals surface area (Å²) in [7, 11) is 0. The predicted octanol–water partition coefficient (Wildman–Crippen LogP) is 5.43. The van der Waals surface area contributed by atoms with Gasteiger partial charge in [-0.25, -0.2) is 0 Å². The molecule has 3 heteroatoms. The fraction of sp³-hybridized carbons (Fsp3) is 0.944. The van der Waals surface area contributed by atoms with E-state index in [4.69, 9.17) is 11.6 Å². The average molecular weight is 316 g/mol. The highest BCUT2D eigenvalue weighted by Gasteiger charge is 2.22. The second kappa shape index (κ2) is 12.3. The Hall–Kier alpha value is -0.240. The van der Waals surface area contributed by atoms with Crippen molar-refractivity contribution >= 4 is 17.5 Å². The number of hydrogen-bond acceptors (Lipinski definition) is 1. The van der Waals surface area contributed by atoms with Crippen molar-refractivity contribution in [3.8, 4) is 0 Å². The maximum Gasteiger partial charge on any atom is 0.220 e. The van der Waals surface area contributed by atoms with Gasteiger partial charge in [-0.1, -0.05) is 58.3 Å². The monoisotopic (exact) mass is 315 g/mol. The highest BCUT2D eigenvalue weighted by Crippen LogP contribution is 2.28. The van der Waals surface area contributed by atoms with Crippen LogP contribution < -0.4 is 5.32 Å². The van der Waals surface area contributed by atoms with E-state index in [-0.39, 0.29) is 5.91 Å². The van der Waals surface area contributed by atoms with Crippen LogP contribution in [0.25, 0.3) is 0 Å². The van der Waals surface area contributed by atoms with Crippen LogP contribution in [0.4, 0.5) is 0 Å². The maximum atomic E-state index is 11.7. The van der Waals surface area contributed by atoms with Gasteiger partial charge in [-0.05, 0) is 31.6 Å². The zero-order valence-electron chi connectivity index (χ0n) is 13.8. The molecule has 0 bridgehead atoms. The van der Waals surface area contributed by atoms with Crippen LogP contribution >= 0.6 is 11.6 Å². The molecule has 1 aliphatic rings. The van der Waals surface area contributed by atoms with Gasteiger partial charge < -0.3 is 5.32 Å². The molecule has 21 heavy (non-hydrogen) atoms. The van der Waals surface area contributed by atoms with Crippen LogP contribution in [-0.2, 0) is 4.79 Å². The van der Waals surface area contributed by atoms with Crippen molar-refractivity contribution in [3.63, 3.8) is 0 Å². The van der Waals surface area contributed by atoms with Crippen molar-refractivity contribution in [2.75, 3.05) is 6.54 Å². The number of nitrogens with one attached hydrogen (secondary N) is 1. The molecule has 0 spiro atoms. The van der Waals surface area contributed by atoms with Gasteiger partial charge in [0.2, 0.25) is 5.91 Å². The molecule has 0 aliphatic heterocycles. The van der Waals surface area contributed by atoms with Gasteiger partial charge in [0.1, 0.15) is 0 Å². The Morgan fingerprint density at radius 1 is 1.00 bits per heavy atom. The van der Waals surface area contributed by atoms with E-state index in [9.17, 15) is 4.79 Å². The van der Waals surface area contributed by atoms with E-state index in [0.29, 0.717) is 17.7 Å². The first-order valence-corrected chi connectivity index (χ1v) is 9.56. The minimum Gasteiger partial charge on any atom is -0.356 e. The standard InChI is InChI=1S/C18H34ClNO/c1-2-3-4-5-6-7-8-9-10-11-18(21)20-15-16-12-13-17(19)14-16/h16-17H,2-15H2,1H3,(H,20,21). The Bertz CT molecular complexity index is 270. The average Bonchev–Trinajstić information content (AvgIpc) is 2.89. The first kappa shape index (κ1) is 18.8. The summed E-state index contributed by atoms with van der Waals surface area (Å²) in [6.45, 7) is 3.09. The zero-order chi connectivity index (χ0) is 15.3. The topological polar surface area (TPSA) is 29.1 Å². The first-order chi connectivity index (χ1) is 10.2. The number of alkyl halides is 1. The van der Waals surface area contributed by atoms with Crippen LogP contribution in [0.15, 0.2) is 0 Å². The number of carbonyl (C=O) groups excluding carboxylic acids is 1. The summed E-state index contributed by atoms with van der Waals surface area (Å²) < 4.78 is 0. The molecule has 1 aliphatic carbocycles. The zero-order valence-corrected chi connectivity index (χ0v) is 14.6. The second-order valence-corrected chi connectivity index (χ2v) is 7.28. The molecule has 2 unspecified atom stereocenters. The summed E-state index contributed by atoms with van der Waals surface area (Å²) in [6, 6.07) is 0. The summed E-state index contributed by atoms with van der Waals surface area (Å²) in [5, 5.41) is 3.41. The van der Waals surface area contributed by atoms with E-state index in [1.54, 1.807) is 0 Å². The Morgan fingerprint density at radius 2 is 1.62 bits per heavy atom. The summed E-state index contributed by atoms with van der Waals surface area (Å²) in [5.74, 6) is 0.843. The molecule has 1 rings (SSSR count). The number of hydrogen-bond donors (Lipinski definition) is 1. The van der Waals surface area contributed by atoms with Crippen molar-refractivity contribution < 1.29 is 4.79 Å².